The monoisotopic (exact) mass is 389 g/mol. The number of hydrogen-bond acceptors (Lipinski definition) is 5. The molecule has 3 N–H and O–H groups in total. The van der Waals surface area contributed by atoms with E-state index in [0.29, 0.717) is 17.8 Å². The lowest BCUT2D eigenvalue weighted by molar-refractivity contribution is 0.207. The Labute approximate surface area is 168 Å². The van der Waals surface area contributed by atoms with Gasteiger partial charge < -0.3 is 19.9 Å². The van der Waals surface area contributed by atoms with Crippen LogP contribution in [0.15, 0.2) is 24.3 Å². The maximum absolute atomic E-state index is 12.2. The average Bonchev–Trinajstić information content (AvgIpc) is 3.29. The summed E-state index contributed by atoms with van der Waals surface area (Å²) in [5, 5.41) is 3.22. The Balaban J connectivity index is 1.64. The molecule has 1 aromatic carbocycles. The van der Waals surface area contributed by atoms with Gasteiger partial charge in [-0.05, 0) is 29.5 Å². The fourth-order valence-corrected chi connectivity index (χ4v) is 4.38. The van der Waals surface area contributed by atoms with Crippen LogP contribution in [0.1, 0.15) is 25.5 Å². The zero-order chi connectivity index (χ0) is 20.3. The van der Waals surface area contributed by atoms with Gasteiger partial charge in [0.2, 0.25) is 0 Å². The molecular formula is C21H35N5O2. The van der Waals surface area contributed by atoms with Gasteiger partial charge in [-0.1, -0.05) is 26.0 Å². The van der Waals surface area contributed by atoms with Crippen LogP contribution in [0.3, 0.4) is 0 Å². The lowest BCUT2D eigenvalue weighted by atomic mass is 9.91. The maximum atomic E-state index is 12.2. The second-order valence-electron chi connectivity index (χ2n) is 8.61. The minimum atomic E-state index is -0.00203. The highest BCUT2D eigenvalue weighted by Gasteiger charge is 2.38. The first-order valence-electron chi connectivity index (χ1n) is 10.2. The Morgan fingerprint density at radius 2 is 2.00 bits per heavy atom. The van der Waals surface area contributed by atoms with Crippen LogP contribution in [-0.2, 0) is 0 Å². The first-order valence-corrected chi connectivity index (χ1v) is 10.2. The van der Waals surface area contributed by atoms with Gasteiger partial charge in [-0.3, -0.25) is 5.43 Å². The molecule has 0 spiro atoms. The first-order chi connectivity index (χ1) is 13.4. The van der Waals surface area contributed by atoms with Gasteiger partial charge in [-0.2, -0.15) is 0 Å². The number of nitrogens with one attached hydrogen (secondary N) is 3. The highest BCUT2D eigenvalue weighted by atomic mass is 16.5. The van der Waals surface area contributed by atoms with Gasteiger partial charge in [0, 0.05) is 52.2 Å². The van der Waals surface area contributed by atoms with Gasteiger partial charge in [0.15, 0.2) is 0 Å². The number of amides is 2. The Morgan fingerprint density at radius 1 is 1.29 bits per heavy atom. The Morgan fingerprint density at radius 3 is 2.61 bits per heavy atom. The van der Waals surface area contributed by atoms with Crippen molar-refractivity contribution >= 4 is 6.03 Å². The number of methoxy groups -OCH3 is 1. The standard InChI is InChI=1S/C21H35N5O2/c1-14(2)18-12-26(13-19(18)23-21(27)25(3)4)11-16-10-22-24-20(16)15-6-8-17(28-5)9-7-15/h6-9,14,16,18-20,22,24H,10-13H2,1-5H3,(H,23,27)/t16?,18-,19+,20?/m0/s1. The second-order valence-corrected chi connectivity index (χ2v) is 8.61. The molecule has 3 rings (SSSR count). The molecule has 0 aliphatic carbocycles. The van der Waals surface area contributed by atoms with E-state index < -0.39 is 0 Å². The van der Waals surface area contributed by atoms with E-state index in [2.05, 4.69) is 47.0 Å². The van der Waals surface area contributed by atoms with Crippen LogP contribution >= 0.6 is 0 Å². The third kappa shape index (κ3) is 4.77. The summed E-state index contributed by atoms with van der Waals surface area (Å²) in [7, 11) is 5.28. The first kappa shape index (κ1) is 20.9. The predicted octanol–water partition coefficient (Wildman–Crippen LogP) is 1.69. The van der Waals surface area contributed by atoms with E-state index in [1.165, 1.54) is 5.56 Å². The lowest BCUT2D eigenvalue weighted by Gasteiger charge is -2.25. The third-order valence-electron chi connectivity index (χ3n) is 6.07. The van der Waals surface area contributed by atoms with Gasteiger partial charge in [-0.15, -0.1) is 0 Å². The van der Waals surface area contributed by atoms with Crippen molar-refractivity contribution in [1.29, 1.82) is 0 Å². The van der Waals surface area contributed by atoms with Gasteiger partial charge in [-0.25, -0.2) is 10.2 Å². The molecule has 156 valence electrons. The van der Waals surface area contributed by atoms with Crippen molar-refractivity contribution in [1.82, 2.24) is 26.0 Å². The summed E-state index contributed by atoms with van der Waals surface area (Å²) in [4.78, 5) is 16.3. The summed E-state index contributed by atoms with van der Waals surface area (Å²) in [5.74, 6) is 2.37. The Hall–Kier alpha value is -1.83. The molecule has 2 heterocycles. The molecule has 7 nitrogen and oxygen atoms in total. The quantitative estimate of drug-likeness (QED) is 0.691. The van der Waals surface area contributed by atoms with Gasteiger partial charge in [0.05, 0.1) is 13.2 Å². The van der Waals surface area contributed by atoms with Gasteiger partial charge in [0.1, 0.15) is 5.75 Å². The average molecular weight is 390 g/mol. The summed E-state index contributed by atoms with van der Waals surface area (Å²) in [6, 6.07) is 8.79. The number of urea groups is 1. The van der Waals surface area contributed by atoms with Gasteiger partial charge >= 0.3 is 6.03 Å². The van der Waals surface area contributed by atoms with E-state index in [0.717, 1.165) is 31.9 Å². The number of carbonyl (C=O) groups excluding carboxylic acids is 1. The van der Waals surface area contributed by atoms with E-state index in [1.54, 1.807) is 26.1 Å². The number of nitrogens with zero attached hydrogens (tertiary/aromatic N) is 2. The van der Waals surface area contributed by atoms with Crippen LogP contribution in [0.5, 0.6) is 5.75 Å². The van der Waals surface area contributed by atoms with Gasteiger partial charge in [0.25, 0.3) is 0 Å². The smallest absolute Gasteiger partial charge is 0.317 e. The topological polar surface area (TPSA) is 68.9 Å². The molecule has 4 atom stereocenters. The maximum Gasteiger partial charge on any atom is 0.317 e. The molecule has 0 radical (unpaired) electrons. The molecule has 2 saturated heterocycles. The molecule has 2 aliphatic rings. The number of ether oxygens (including phenoxy) is 1. The number of benzene rings is 1. The normalized spacial score (nSPS) is 27.9. The molecule has 2 aliphatic heterocycles. The van der Waals surface area contributed by atoms with E-state index >= 15 is 0 Å². The summed E-state index contributed by atoms with van der Waals surface area (Å²) < 4.78 is 5.28. The molecule has 0 bridgehead atoms. The molecular weight excluding hydrogens is 354 g/mol. The van der Waals surface area contributed by atoms with Crippen LogP contribution < -0.4 is 20.9 Å². The summed E-state index contributed by atoms with van der Waals surface area (Å²) >= 11 is 0. The molecule has 28 heavy (non-hydrogen) atoms. The van der Waals surface area contributed by atoms with Crippen molar-refractivity contribution < 1.29 is 9.53 Å². The number of rotatable bonds is 6. The van der Waals surface area contributed by atoms with Crippen LogP contribution in [-0.4, -0.2) is 69.3 Å². The fraction of sp³-hybridized carbons (Fsp3) is 0.667. The van der Waals surface area contributed by atoms with E-state index in [4.69, 9.17) is 4.74 Å². The number of hydrazine groups is 1. The molecule has 7 heteroatoms. The molecule has 0 aromatic heterocycles. The fourth-order valence-electron chi connectivity index (χ4n) is 4.38. The summed E-state index contributed by atoms with van der Waals surface area (Å²) in [6.07, 6.45) is 0. The Bertz CT molecular complexity index is 649. The van der Waals surface area contributed by atoms with E-state index in [9.17, 15) is 4.79 Å². The van der Waals surface area contributed by atoms with Crippen LogP contribution in [0.2, 0.25) is 0 Å². The van der Waals surface area contributed by atoms with Crippen molar-refractivity contribution in [2.24, 2.45) is 17.8 Å². The van der Waals surface area contributed by atoms with Crippen LogP contribution in [0.4, 0.5) is 4.79 Å². The number of hydrogen-bond donors (Lipinski definition) is 3. The van der Waals surface area contributed by atoms with Crippen molar-refractivity contribution in [2.45, 2.75) is 25.9 Å². The van der Waals surface area contributed by atoms with Crippen molar-refractivity contribution in [2.75, 3.05) is 47.4 Å². The minimum absolute atomic E-state index is 0.00203. The SMILES string of the molecule is COc1ccc(C2NNCC2CN2C[C@@H](NC(=O)N(C)C)[C@H](C(C)C)C2)cc1. The molecule has 2 amide bonds. The van der Waals surface area contributed by atoms with Crippen molar-refractivity contribution in [3.05, 3.63) is 29.8 Å². The minimum Gasteiger partial charge on any atom is -0.497 e. The highest BCUT2D eigenvalue weighted by molar-refractivity contribution is 5.73. The summed E-state index contributed by atoms with van der Waals surface area (Å²) in [5.41, 5.74) is 8.04. The van der Waals surface area contributed by atoms with Crippen molar-refractivity contribution in [3.8, 4) is 5.75 Å². The largest absolute Gasteiger partial charge is 0.497 e. The van der Waals surface area contributed by atoms with Crippen LogP contribution in [0.25, 0.3) is 0 Å². The van der Waals surface area contributed by atoms with E-state index in [1.807, 2.05) is 12.1 Å². The number of carbonyl (C=O) groups is 1. The molecule has 2 unspecified atom stereocenters. The summed E-state index contributed by atoms with van der Waals surface area (Å²) in [6.45, 7) is 8.39. The number of likely N-dealkylation sites (tertiary alicyclic amines) is 1. The van der Waals surface area contributed by atoms with E-state index in [-0.39, 0.29) is 18.1 Å². The zero-order valence-electron chi connectivity index (χ0n) is 17.7. The molecule has 2 fully saturated rings. The van der Waals surface area contributed by atoms with Crippen molar-refractivity contribution in [3.63, 3.8) is 0 Å². The molecule has 1 aromatic rings. The predicted molar refractivity (Wildman–Crippen MR) is 111 cm³/mol. The second kappa shape index (κ2) is 9.11. The van der Waals surface area contributed by atoms with Crippen LogP contribution in [0, 0.1) is 17.8 Å². The highest BCUT2D eigenvalue weighted by Crippen LogP contribution is 2.30. The third-order valence-corrected chi connectivity index (χ3v) is 6.07. The zero-order valence-corrected chi connectivity index (χ0v) is 17.7. The molecule has 0 saturated carbocycles. The Kier molecular flexibility index (Phi) is 6.80. The lowest BCUT2D eigenvalue weighted by Crippen LogP contribution is -2.46.